The van der Waals surface area contributed by atoms with Crippen molar-refractivity contribution in [3.63, 3.8) is 0 Å². The zero-order chi connectivity index (χ0) is 38.2. The van der Waals surface area contributed by atoms with E-state index in [-0.39, 0.29) is 0 Å². The van der Waals surface area contributed by atoms with E-state index in [1.807, 2.05) is 0 Å². The van der Waals surface area contributed by atoms with E-state index >= 15 is 0 Å². The molecule has 0 heterocycles. The van der Waals surface area contributed by atoms with Crippen LogP contribution in [0.25, 0.3) is 0 Å². The molecule has 21 nitrogen and oxygen atoms in total. The van der Waals surface area contributed by atoms with E-state index < -0.39 is 110 Å². The summed E-state index contributed by atoms with van der Waals surface area (Å²) < 4.78 is 167. The molecule has 0 bridgehead atoms. The van der Waals surface area contributed by atoms with Gasteiger partial charge in [0.2, 0.25) is 19.7 Å². The fourth-order valence-electron chi connectivity index (χ4n) is 4.45. The van der Waals surface area contributed by atoms with Crippen LogP contribution in [-0.4, -0.2) is 50.5 Å². The minimum atomic E-state index is -5.37. The first-order valence-electron chi connectivity index (χ1n) is 13.2. The van der Waals surface area contributed by atoms with Gasteiger partial charge < -0.3 is 4.74 Å². The summed E-state index contributed by atoms with van der Waals surface area (Å²) in [5.41, 5.74) is 0. The fraction of sp³-hybridized carbons (Fsp3) is 0. The Morgan fingerprint density at radius 1 is 0.373 bits per heavy atom. The molecule has 0 amide bonds. The van der Waals surface area contributed by atoms with Crippen molar-refractivity contribution in [2.45, 2.75) is 39.2 Å². The first-order valence-corrected chi connectivity index (χ1v) is 22.1. The summed E-state index contributed by atoms with van der Waals surface area (Å²) in [6.45, 7) is 0. The number of benzene rings is 4. The number of hydrogen-bond acceptors (Lipinski definition) is 17. The molecule has 4 aromatic rings. The molecule has 276 valence electrons. The van der Waals surface area contributed by atoms with E-state index in [0.29, 0.717) is 24.3 Å². The van der Waals surface area contributed by atoms with Gasteiger partial charge in [-0.05, 0) is 48.5 Å². The zero-order valence-corrected chi connectivity index (χ0v) is 30.0. The Hall–Kier alpha value is -3.94. The molecule has 4 aromatic carbocycles. The van der Waals surface area contributed by atoms with E-state index in [9.17, 15) is 50.5 Å². The topological polar surface area (TPSA) is 366 Å². The predicted octanol–water partition coefficient (Wildman–Crippen LogP) is -2.25. The SMILES string of the molecule is NNS(=O)(=O)c1ccc(Oc2ccc(S(=O)(=O)NN)c(S(=O)(=O)c3ccccc3)c2S(=O)(=O)NN)c(S(=O)(=O)NN)c1S(=O)(=O)c1ccccc1. The van der Waals surface area contributed by atoms with Gasteiger partial charge in [-0.25, -0.2) is 50.5 Å². The van der Waals surface area contributed by atoms with Gasteiger partial charge in [-0.15, -0.1) is 9.66 Å². The molecule has 0 radical (unpaired) electrons. The lowest BCUT2D eigenvalue weighted by atomic mass is 10.3. The Morgan fingerprint density at radius 2 is 0.667 bits per heavy atom. The highest BCUT2D eigenvalue weighted by Crippen LogP contribution is 2.44. The molecular formula is C24H26N8O13S6. The van der Waals surface area contributed by atoms with Crippen LogP contribution < -0.4 is 47.4 Å². The van der Waals surface area contributed by atoms with Crippen LogP contribution in [0.2, 0.25) is 0 Å². The van der Waals surface area contributed by atoms with Crippen LogP contribution in [0.4, 0.5) is 0 Å². The Morgan fingerprint density at radius 3 is 0.941 bits per heavy atom. The second-order valence-electron chi connectivity index (χ2n) is 9.66. The van der Waals surface area contributed by atoms with Crippen molar-refractivity contribution in [3.8, 4) is 11.5 Å². The number of sulfone groups is 2. The Balaban J connectivity index is 2.26. The van der Waals surface area contributed by atoms with E-state index in [1.54, 1.807) is 0 Å². The highest BCUT2D eigenvalue weighted by Gasteiger charge is 2.41. The van der Waals surface area contributed by atoms with Gasteiger partial charge in [0.25, 0.3) is 40.1 Å². The third-order valence-corrected chi connectivity index (χ3v) is 15.9. The molecule has 0 spiro atoms. The largest absolute Gasteiger partial charge is 0.454 e. The normalized spacial score (nSPS) is 13.2. The highest BCUT2D eigenvalue weighted by atomic mass is 32.2. The van der Waals surface area contributed by atoms with Crippen LogP contribution in [0.5, 0.6) is 11.5 Å². The first-order chi connectivity index (χ1) is 23.6. The second-order valence-corrected chi connectivity index (χ2v) is 20.1. The van der Waals surface area contributed by atoms with E-state index in [2.05, 4.69) is 0 Å². The van der Waals surface area contributed by atoms with E-state index in [1.165, 1.54) is 55.7 Å². The predicted molar refractivity (Wildman–Crippen MR) is 175 cm³/mol. The smallest absolute Gasteiger partial charge is 0.258 e. The van der Waals surface area contributed by atoms with Gasteiger partial charge in [-0.3, -0.25) is 23.4 Å². The number of sulfonamides is 4. The van der Waals surface area contributed by atoms with Crippen molar-refractivity contribution < 1.29 is 55.2 Å². The quantitative estimate of drug-likeness (QED) is 0.0492. The molecule has 0 unspecified atom stereocenters. The summed E-state index contributed by atoms with van der Waals surface area (Å²) in [6, 6.07) is 13.7. The first kappa shape index (κ1) is 39.8. The summed E-state index contributed by atoms with van der Waals surface area (Å²) in [6.07, 6.45) is 0. The lowest BCUT2D eigenvalue weighted by molar-refractivity contribution is 0.440. The summed E-state index contributed by atoms with van der Waals surface area (Å²) in [5.74, 6) is 18.4. The molecule has 27 heteroatoms. The minimum Gasteiger partial charge on any atom is -0.454 e. The van der Waals surface area contributed by atoms with Crippen molar-refractivity contribution in [1.29, 1.82) is 0 Å². The summed E-state index contributed by atoms with van der Waals surface area (Å²) in [7, 11) is -31.3. The Labute approximate surface area is 291 Å². The van der Waals surface area contributed by atoms with Gasteiger partial charge in [0.1, 0.15) is 40.9 Å². The number of nitrogens with two attached hydrogens (primary N) is 4. The molecule has 0 saturated heterocycles. The van der Waals surface area contributed by atoms with E-state index in [4.69, 9.17) is 28.1 Å². The molecule has 4 rings (SSSR count). The number of rotatable bonds is 14. The average molecular weight is 827 g/mol. The second kappa shape index (κ2) is 14.2. The Kier molecular flexibility index (Phi) is 11.1. The van der Waals surface area contributed by atoms with Gasteiger partial charge >= 0.3 is 0 Å². The molecular weight excluding hydrogens is 801 g/mol. The molecule has 51 heavy (non-hydrogen) atoms. The van der Waals surface area contributed by atoms with Crippen molar-refractivity contribution in [1.82, 2.24) is 19.3 Å². The van der Waals surface area contributed by atoms with Crippen LogP contribution in [0.15, 0.2) is 124 Å². The maximum absolute atomic E-state index is 14.0. The fourth-order valence-corrected chi connectivity index (χ4v) is 13.2. The van der Waals surface area contributed by atoms with Crippen LogP contribution in [0, 0.1) is 0 Å². The van der Waals surface area contributed by atoms with Crippen molar-refractivity contribution in [3.05, 3.63) is 84.9 Å². The monoisotopic (exact) mass is 826 g/mol. The summed E-state index contributed by atoms with van der Waals surface area (Å²) in [4.78, 5) is -4.52. The standard InChI is InChI=1S/C24H26N8O13S6/c25-29-48(37,38)19-13-11-17(21(50(41,42)31-27)23(19)46(33,34)15-7-3-1-4-8-15)45-18-12-14-20(49(39,40)30-26)24(22(18)51(43,44)32-28)47(35,36)16-9-5-2-6-10-16/h1-14,29-32H,25-28H2. The average Bonchev–Trinajstić information content (AvgIpc) is 3.11. The lowest BCUT2D eigenvalue weighted by Gasteiger charge is -2.21. The van der Waals surface area contributed by atoms with Gasteiger partial charge in [0.15, 0.2) is 0 Å². The van der Waals surface area contributed by atoms with E-state index in [0.717, 1.165) is 24.3 Å². The van der Waals surface area contributed by atoms with Gasteiger partial charge in [-0.2, -0.15) is 9.66 Å². The summed E-state index contributed by atoms with van der Waals surface area (Å²) in [5, 5.41) is 0. The van der Waals surface area contributed by atoms with Crippen molar-refractivity contribution in [2.75, 3.05) is 0 Å². The van der Waals surface area contributed by atoms with Crippen molar-refractivity contribution in [2.24, 2.45) is 23.4 Å². The Bertz CT molecular complexity index is 2490. The molecule has 0 aliphatic carbocycles. The van der Waals surface area contributed by atoms with Gasteiger partial charge in [-0.1, -0.05) is 36.4 Å². The molecule has 0 aromatic heterocycles. The number of hydrogen-bond donors (Lipinski definition) is 8. The lowest BCUT2D eigenvalue weighted by Crippen LogP contribution is -2.35. The highest BCUT2D eigenvalue weighted by molar-refractivity contribution is 7.96. The molecule has 12 N–H and O–H groups in total. The third-order valence-electron chi connectivity index (χ3n) is 6.68. The number of nitrogens with one attached hydrogen (secondary N) is 4. The molecule has 0 saturated carbocycles. The maximum Gasteiger partial charge on any atom is 0.258 e. The van der Waals surface area contributed by atoms with Gasteiger partial charge in [0.05, 0.1) is 9.79 Å². The molecule has 0 fully saturated rings. The number of ether oxygens (including phenoxy) is 1. The molecule has 0 aliphatic heterocycles. The number of hydrazine groups is 4. The van der Waals surface area contributed by atoms with Gasteiger partial charge in [0, 0.05) is 0 Å². The molecule has 0 aliphatic rings. The maximum atomic E-state index is 14.0. The molecule has 0 atom stereocenters. The van der Waals surface area contributed by atoms with Crippen LogP contribution in [-0.2, 0) is 59.8 Å². The zero-order valence-electron chi connectivity index (χ0n) is 25.1. The summed E-state index contributed by atoms with van der Waals surface area (Å²) >= 11 is 0. The third kappa shape index (κ3) is 7.38. The minimum absolute atomic E-state index is 0.518. The van der Waals surface area contributed by atoms with Crippen LogP contribution in [0.3, 0.4) is 0 Å². The van der Waals surface area contributed by atoms with Crippen LogP contribution in [0.1, 0.15) is 0 Å². The van der Waals surface area contributed by atoms with Crippen molar-refractivity contribution >= 4 is 59.8 Å². The van der Waals surface area contributed by atoms with Crippen LogP contribution >= 0.6 is 0 Å².